The maximum atomic E-state index is 11.7. The van der Waals surface area contributed by atoms with E-state index in [9.17, 15) is 4.79 Å². The number of carbonyl (C=O) groups excluding carboxylic acids is 1. The topological polar surface area (TPSA) is 58.6 Å². The number of esters is 1. The number of likely N-dealkylation sites (N-methyl/N-ethyl adjacent to an activating group) is 1. The summed E-state index contributed by atoms with van der Waals surface area (Å²) < 4.78 is 6.10. The molecular weight excluding hydrogens is 372 g/mol. The fourth-order valence-corrected chi connectivity index (χ4v) is 4.34. The number of rotatable bonds is 5. The van der Waals surface area contributed by atoms with Crippen LogP contribution >= 0.6 is 11.3 Å². The van der Waals surface area contributed by atoms with Crippen molar-refractivity contribution in [3.8, 4) is 10.6 Å². The van der Waals surface area contributed by atoms with Crippen LogP contribution in [0.1, 0.15) is 12.5 Å². The molecule has 0 atom stereocenters. The van der Waals surface area contributed by atoms with Gasteiger partial charge in [0.2, 0.25) is 0 Å². The van der Waals surface area contributed by atoms with Gasteiger partial charge in [0.15, 0.2) is 0 Å². The second-order valence-electron chi connectivity index (χ2n) is 7.00. The van der Waals surface area contributed by atoms with Crippen LogP contribution in [0.4, 0.5) is 5.82 Å². The minimum atomic E-state index is -0.199. The first kappa shape index (κ1) is 18.8. The Morgan fingerprint density at radius 3 is 2.71 bits per heavy atom. The lowest BCUT2D eigenvalue weighted by atomic mass is 10.1. The zero-order valence-electron chi connectivity index (χ0n) is 16.2. The summed E-state index contributed by atoms with van der Waals surface area (Å²) in [6.07, 6.45) is 2.20. The quantitative estimate of drug-likeness (QED) is 0.617. The van der Waals surface area contributed by atoms with Gasteiger partial charge in [0.05, 0.1) is 23.2 Å². The van der Waals surface area contributed by atoms with Crippen molar-refractivity contribution in [3.63, 3.8) is 0 Å². The molecule has 1 saturated heterocycles. The molecule has 4 rings (SSSR count). The standard InChI is InChI=1S/C21H24N4O2S/c1-3-27-20(26)13-15-4-6-17-18(12-15)28-21(23-17)16-5-7-19(22-14-16)25-10-8-24(2)9-11-25/h4-7,12,14H,3,8-11,13H2,1-2H3. The molecule has 146 valence electrons. The Bertz CT molecular complexity index is 962. The number of ether oxygens (including phenoxy) is 1. The predicted octanol–water partition coefficient (Wildman–Crippen LogP) is 3.22. The van der Waals surface area contributed by atoms with E-state index >= 15 is 0 Å². The van der Waals surface area contributed by atoms with Crippen LogP contribution in [0.3, 0.4) is 0 Å². The van der Waals surface area contributed by atoms with E-state index in [1.165, 1.54) is 0 Å². The van der Waals surface area contributed by atoms with Gasteiger partial charge in [-0.25, -0.2) is 9.97 Å². The fraction of sp³-hybridized carbons (Fsp3) is 0.381. The Hall–Kier alpha value is -2.51. The normalized spacial score (nSPS) is 15.1. The summed E-state index contributed by atoms with van der Waals surface area (Å²) in [5.41, 5.74) is 2.91. The summed E-state index contributed by atoms with van der Waals surface area (Å²) in [7, 11) is 2.15. The first-order valence-electron chi connectivity index (χ1n) is 9.57. The number of anilines is 1. The molecule has 0 unspecified atom stereocenters. The Balaban J connectivity index is 1.51. The summed E-state index contributed by atoms with van der Waals surface area (Å²) in [6, 6.07) is 10.1. The number of carbonyl (C=O) groups is 1. The lowest BCUT2D eigenvalue weighted by Gasteiger charge is -2.33. The number of benzene rings is 1. The van der Waals surface area contributed by atoms with Crippen molar-refractivity contribution in [2.75, 3.05) is 44.7 Å². The van der Waals surface area contributed by atoms with Crippen LogP contribution < -0.4 is 4.90 Å². The fourth-order valence-electron chi connectivity index (χ4n) is 3.32. The van der Waals surface area contributed by atoms with E-state index in [1.807, 2.05) is 31.3 Å². The lowest BCUT2D eigenvalue weighted by molar-refractivity contribution is -0.142. The highest BCUT2D eigenvalue weighted by Gasteiger charge is 2.16. The first-order valence-corrected chi connectivity index (χ1v) is 10.4. The number of pyridine rings is 1. The molecular formula is C21H24N4O2S. The number of hydrogen-bond acceptors (Lipinski definition) is 7. The van der Waals surface area contributed by atoms with Gasteiger partial charge in [-0.3, -0.25) is 4.79 Å². The van der Waals surface area contributed by atoms with Crippen molar-refractivity contribution in [2.45, 2.75) is 13.3 Å². The van der Waals surface area contributed by atoms with Crippen LogP contribution in [0.5, 0.6) is 0 Å². The highest BCUT2D eigenvalue weighted by Crippen LogP contribution is 2.31. The average molecular weight is 397 g/mol. The van der Waals surface area contributed by atoms with Crippen LogP contribution in [0.2, 0.25) is 0 Å². The van der Waals surface area contributed by atoms with Crippen LogP contribution in [0, 0.1) is 0 Å². The van der Waals surface area contributed by atoms with E-state index in [-0.39, 0.29) is 12.4 Å². The van der Waals surface area contributed by atoms with E-state index in [0.29, 0.717) is 6.61 Å². The van der Waals surface area contributed by atoms with E-state index < -0.39 is 0 Å². The van der Waals surface area contributed by atoms with Crippen molar-refractivity contribution >= 4 is 33.3 Å². The van der Waals surface area contributed by atoms with Gasteiger partial charge in [-0.1, -0.05) is 6.07 Å². The maximum absolute atomic E-state index is 11.7. The number of thiazole rings is 1. The summed E-state index contributed by atoms with van der Waals surface area (Å²) in [5.74, 6) is 0.824. The first-order chi connectivity index (χ1) is 13.6. The second-order valence-corrected chi connectivity index (χ2v) is 8.03. The molecule has 1 aliphatic rings. The molecule has 1 fully saturated rings. The van der Waals surface area contributed by atoms with Crippen molar-refractivity contribution in [2.24, 2.45) is 0 Å². The van der Waals surface area contributed by atoms with Gasteiger partial charge in [-0.05, 0) is 43.8 Å². The minimum absolute atomic E-state index is 0.199. The molecule has 6 nitrogen and oxygen atoms in total. The third-order valence-electron chi connectivity index (χ3n) is 4.93. The largest absolute Gasteiger partial charge is 0.466 e. The van der Waals surface area contributed by atoms with Gasteiger partial charge in [0.25, 0.3) is 0 Å². The number of piperazine rings is 1. The van der Waals surface area contributed by atoms with Gasteiger partial charge >= 0.3 is 5.97 Å². The summed E-state index contributed by atoms with van der Waals surface area (Å²) in [5, 5.41) is 0.945. The summed E-state index contributed by atoms with van der Waals surface area (Å²) in [6.45, 7) is 6.37. The number of hydrogen-bond donors (Lipinski definition) is 0. The van der Waals surface area contributed by atoms with Crippen molar-refractivity contribution in [1.82, 2.24) is 14.9 Å². The Kier molecular flexibility index (Phi) is 5.54. The molecule has 0 amide bonds. The molecule has 0 spiro atoms. The Labute approximate surface area is 168 Å². The van der Waals surface area contributed by atoms with Crippen molar-refractivity contribution < 1.29 is 9.53 Å². The third-order valence-corrected chi connectivity index (χ3v) is 6.00. The molecule has 0 aliphatic carbocycles. The van der Waals surface area contributed by atoms with Crippen LogP contribution in [0.15, 0.2) is 36.5 Å². The van der Waals surface area contributed by atoms with Crippen molar-refractivity contribution in [1.29, 1.82) is 0 Å². The molecule has 3 aromatic rings. The van der Waals surface area contributed by atoms with Crippen LogP contribution in [0.25, 0.3) is 20.8 Å². The SMILES string of the molecule is CCOC(=O)Cc1ccc2nc(-c3ccc(N4CCN(C)CC4)nc3)sc2c1. The van der Waals surface area contributed by atoms with Crippen LogP contribution in [-0.4, -0.2) is 60.7 Å². The lowest BCUT2D eigenvalue weighted by Crippen LogP contribution is -2.44. The molecule has 3 heterocycles. The molecule has 0 saturated carbocycles. The summed E-state index contributed by atoms with van der Waals surface area (Å²) >= 11 is 1.62. The monoisotopic (exact) mass is 396 g/mol. The van der Waals surface area contributed by atoms with E-state index in [0.717, 1.165) is 58.3 Å². The van der Waals surface area contributed by atoms with Gasteiger partial charge in [-0.2, -0.15) is 0 Å². The Morgan fingerprint density at radius 2 is 2.00 bits per heavy atom. The average Bonchev–Trinajstić information content (AvgIpc) is 3.12. The number of nitrogens with zero attached hydrogens (tertiary/aromatic N) is 4. The van der Waals surface area contributed by atoms with Gasteiger partial charge in [0, 0.05) is 37.9 Å². The molecule has 7 heteroatoms. The molecule has 2 aromatic heterocycles. The predicted molar refractivity (Wildman–Crippen MR) is 113 cm³/mol. The van der Waals surface area contributed by atoms with Gasteiger partial charge in [-0.15, -0.1) is 11.3 Å². The molecule has 1 aliphatic heterocycles. The molecule has 0 radical (unpaired) electrons. The number of aromatic nitrogens is 2. The van der Waals surface area contributed by atoms with Gasteiger partial charge < -0.3 is 14.5 Å². The van der Waals surface area contributed by atoms with Crippen LogP contribution in [-0.2, 0) is 16.0 Å². The molecule has 1 aromatic carbocycles. The zero-order valence-corrected chi connectivity index (χ0v) is 17.0. The molecule has 28 heavy (non-hydrogen) atoms. The van der Waals surface area contributed by atoms with Gasteiger partial charge in [0.1, 0.15) is 10.8 Å². The summed E-state index contributed by atoms with van der Waals surface area (Å²) in [4.78, 5) is 25.8. The van der Waals surface area contributed by atoms with E-state index in [4.69, 9.17) is 9.72 Å². The second kappa shape index (κ2) is 8.24. The third kappa shape index (κ3) is 4.15. The van der Waals surface area contributed by atoms with E-state index in [2.05, 4.69) is 34.0 Å². The smallest absolute Gasteiger partial charge is 0.310 e. The zero-order chi connectivity index (χ0) is 19.5. The molecule has 0 N–H and O–H groups in total. The van der Waals surface area contributed by atoms with E-state index in [1.54, 1.807) is 11.3 Å². The van der Waals surface area contributed by atoms with Crippen molar-refractivity contribution in [3.05, 3.63) is 42.1 Å². The number of fused-ring (bicyclic) bond motifs is 1. The maximum Gasteiger partial charge on any atom is 0.310 e. The minimum Gasteiger partial charge on any atom is -0.466 e. The molecule has 0 bridgehead atoms. The highest BCUT2D eigenvalue weighted by atomic mass is 32.1. The highest BCUT2D eigenvalue weighted by molar-refractivity contribution is 7.21. The Morgan fingerprint density at radius 1 is 1.18 bits per heavy atom.